The number of aryl methyl sites for hydroxylation is 1. The van der Waals surface area contributed by atoms with Gasteiger partial charge >= 0.3 is 5.97 Å². The minimum Gasteiger partial charge on any atom is -0.481 e. The normalized spacial score (nSPS) is 24.9. The van der Waals surface area contributed by atoms with Gasteiger partial charge in [0.2, 0.25) is 0 Å². The Balaban J connectivity index is 2.01. The molecule has 1 aromatic heterocycles. The molecule has 0 amide bonds. The standard InChI is InChI=1S/C10H14N2O2/c1-2-3-12-6-7(5-11-12)8-4-9(8)10(13)14/h5-6,8-9H,2-4H2,1H3,(H,13,14)/t8-,9+/m1/s1. The summed E-state index contributed by atoms with van der Waals surface area (Å²) < 4.78 is 1.88. The van der Waals surface area contributed by atoms with Crippen LogP contribution in [0.3, 0.4) is 0 Å². The predicted molar refractivity (Wildman–Crippen MR) is 51.0 cm³/mol. The van der Waals surface area contributed by atoms with Crippen molar-refractivity contribution in [1.82, 2.24) is 9.78 Å². The highest BCUT2D eigenvalue weighted by molar-refractivity contribution is 5.75. The van der Waals surface area contributed by atoms with Gasteiger partial charge in [0.05, 0.1) is 12.1 Å². The molecule has 1 saturated carbocycles. The number of carboxylic acid groups (broad SMARTS) is 1. The molecule has 4 heteroatoms. The maximum Gasteiger partial charge on any atom is 0.307 e. The molecule has 0 bridgehead atoms. The molecule has 0 radical (unpaired) electrons. The van der Waals surface area contributed by atoms with Crippen LogP contribution < -0.4 is 0 Å². The van der Waals surface area contributed by atoms with E-state index in [1.165, 1.54) is 0 Å². The van der Waals surface area contributed by atoms with Crippen LogP contribution in [0, 0.1) is 5.92 Å². The molecule has 2 rings (SSSR count). The second-order valence-electron chi connectivity index (χ2n) is 3.82. The highest BCUT2D eigenvalue weighted by Gasteiger charge is 2.44. The van der Waals surface area contributed by atoms with Crippen LogP contribution in [0.2, 0.25) is 0 Å². The van der Waals surface area contributed by atoms with E-state index >= 15 is 0 Å². The Labute approximate surface area is 82.5 Å². The zero-order valence-electron chi connectivity index (χ0n) is 8.18. The average molecular weight is 194 g/mol. The molecule has 0 saturated heterocycles. The molecule has 4 nitrogen and oxygen atoms in total. The predicted octanol–water partition coefficient (Wildman–Crippen LogP) is 1.48. The van der Waals surface area contributed by atoms with Gasteiger partial charge in [0.25, 0.3) is 0 Å². The minimum atomic E-state index is -0.682. The summed E-state index contributed by atoms with van der Waals surface area (Å²) in [6, 6.07) is 0. The number of hydrogen-bond acceptors (Lipinski definition) is 2. The molecule has 2 atom stereocenters. The maximum absolute atomic E-state index is 10.7. The molecule has 0 aliphatic heterocycles. The highest BCUT2D eigenvalue weighted by atomic mass is 16.4. The Morgan fingerprint density at radius 3 is 3.14 bits per heavy atom. The SMILES string of the molecule is CCCn1cc([C@H]2C[C@@H]2C(=O)O)cn1. The van der Waals surface area contributed by atoms with E-state index in [1.807, 2.05) is 10.9 Å². The molecule has 1 aliphatic carbocycles. The number of rotatable bonds is 4. The van der Waals surface area contributed by atoms with E-state index in [0.717, 1.165) is 24.9 Å². The summed E-state index contributed by atoms with van der Waals surface area (Å²) in [7, 11) is 0. The second-order valence-corrected chi connectivity index (χ2v) is 3.82. The van der Waals surface area contributed by atoms with Crippen LogP contribution in [-0.4, -0.2) is 20.9 Å². The van der Waals surface area contributed by atoms with Crippen molar-refractivity contribution in [2.45, 2.75) is 32.2 Å². The molecule has 14 heavy (non-hydrogen) atoms. The summed E-state index contributed by atoms with van der Waals surface area (Å²) in [4.78, 5) is 10.7. The lowest BCUT2D eigenvalue weighted by atomic mass is 10.2. The summed E-state index contributed by atoms with van der Waals surface area (Å²) >= 11 is 0. The van der Waals surface area contributed by atoms with Crippen molar-refractivity contribution in [1.29, 1.82) is 0 Å². The Kier molecular flexibility index (Phi) is 2.27. The van der Waals surface area contributed by atoms with Crippen molar-refractivity contribution >= 4 is 5.97 Å². The first-order valence-electron chi connectivity index (χ1n) is 4.97. The van der Waals surface area contributed by atoms with Crippen LogP contribution in [0.1, 0.15) is 31.2 Å². The number of nitrogens with zero attached hydrogens (tertiary/aromatic N) is 2. The molecule has 1 aliphatic rings. The van der Waals surface area contributed by atoms with Gasteiger partial charge in [-0.05, 0) is 18.4 Å². The number of carbonyl (C=O) groups is 1. The molecule has 76 valence electrons. The molecular weight excluding hydrogens is 180 g/mol. The van der Waals surface area contributed by atoms with Gasteiger partial charge in [0, 0.05) is 18.7 Å². The van der Waals surface area contributed by atoms with Gasteiger partial charge in [0.1, 0.15) is 0 Å². The lowest BCUT2D eigenvalue weighted by Gasteiger charge is -1.94. The smallest absolute Gasteiger partial charge is 0.307 e. The largest absolute Gasteiger partial charge is 0.481 e. The molecule has 0 aromatic carbocycles. The summed E-state index contributed by atoms with van der Waals surface area (Å²) in [5, 5.41) is 13.0. The van der Waals surface area contributed by atoms with Gasteiger partial charge < -0.3 is 5.11 Å². The van der Waals surface area contributed by atoms with E-state index in [9.17, 15) is 4.79 Å². The quantitative estimate of drug-likeness (QED) is 0.789. The third-order valence-electron chi connectivity index (χ3n) is 2.64. The van der Waals surface area contributed by atoms with E-state index in [0.29, 0.717) is 0 Å². The van der Waals surface area contributed by atoms with Crippen LogP contribution in [0.15, 0.2) is 12.4 Å². The van der Waals surface area contributed by atoms with Crippen LogP contribution in [0.4, 0.5) is 0 Å². The zero-order valence-corrected chi connectivity index (χ0v) is 8.18. The fourth-order valence-corrected chi connectivity index (χ4v) is 1.76. The first-order chi connectivity index (χ1) is 6.72. The van der Waals surface area contributed by atoms with Crippen LogP contribution in [0.5, 0.6) is 0 Å². The summed E-state index contributed by atoms with van der Waals surface area (Å²) in [5.41, 5.74) is 1.07. The molecule has 0 spiro atoms. The van der Waals surface area contributed by atoms with Gasteiger partial charge in [-0.1, -0.05) is 6.92 Å². The summed E-state index contributed by atoms with van der Waals surface area (Å²) in [5.74, 6) is -0.648. The number of hydrogen-bond donors (Lipinski definition) is 1. The lowest BCUT2D eigenvalue weighted by molar-refractivity contribution is -0.138. The van der Waals surface area contributed by atoms with E-state index in [2.05, 4.69) is 12.0 Å². The molecule has 1 aromatic rings. The van der Waals surface area contributed by atoms with Gasteiger partial charge in [-0.2, -0.15) is 5.10 Å². The fraction of sp³-hybridized carbons (Fsp3) is 0.600. The number of carboxylic acids is 1. The van der Waals surface area contributed by atoms with E-state index in [-0.39, 0.29) is 11.8 Å². The van der Waals surface area contributed by atoms with Crippen molar-refractivity contribution < 1.29 is 9.90 Å². The Morgan fingerprint density at radius 2 is 2.57 bits per heavy atom. The molecule has 0 unspecified atom stereocenters. The molecule has 1 fully saturated rings. The fourth-order valence-electron chi connectivity index (χ4n) is 1.76. The third-order valence-corrected chi connectivity index (χ3v) is 2.64. The minimum absolute atomic E-state index is 0.172. The number of aliphatic carboxylic acids is 1. The van der Waals surface area contributed by atoms with Gasteiger partial charge in [0.15, 0.2) is 0 Å². The van der Waals surface area contributed by atoms with Gasteiger partial charge in [-0.15, -0.1) is 0 Å². The van der Waals surface area contributed by atoms with Crippen molar-refractivity contribution in [3.63, 3.8) is 0 Å². The lowest BCUT2D eigenvalue weighted by Crippen LogP contribution is -1.98. The van der Waals surface area contributed by atoms with Crippen molar-refractivity contribution in [3.8, 4) is 0 Å². The Morgan fingerprint density at radius 1 is 1.79 bits per heavy atom. The number of aromatic nitrogens is 2. The maximum atomic E-state index is 10.7. The van der Waals surface area contributed by atoms with E-state index in [1.54, 1.807) is 6.20 Å². The van der Waals surface area contributed by atoms with Crippen molar-refractivity contribution in [3.05, 3.63) is 18.0 Å². The van der Waals surface area contributed by atoms with E-state index < -0.39 is 5.97 Å². The highest BCUT2D eigenvalue weighted by Crippen LogP contribution is 2.47. The van der Waals surface area contributed by atoms with Crippen molar-refractivity contribution in [2.75, 3.05) is 0 Å². The molecular formula is C10H14N2O2. The van der Waals surface area contributed by atoms with Crippen LogP contribution >= 0.6 is 0 Å². The first-order valence-corrected chi connectivity index (χ1v) is 4.97. The summed E-state index contributed by atoms with van der Waals surface area (Å²) in [6.07, 6.45) is 5.58. The van der Waals surface area contributed by atoms with Gasteiger partial charge in [-0.3, -0.25) is 9.48 Å². The topological polar surface area (TPSA) is 55.1 Å². The summed E-state index contributed by atoms with van der Waals surface area (Å²) in [6.45, 7) is 3.00. The molecule has 1 N–H and O–H groups in total. The third kappa shape index (κ3) is 1.64. The molecule has 1 heterocycles. The Hall–Kier alpha value is -1.32. The van der Waals surface area contributed by atoms with Crippen LogP contribution in [-0.2, 0) is 11.3 Å². The monoisotopic (exact) mass is 194 g/mol. The zero-order chi connectivity index (χ0) is 10.1. The second kappa shape index (κ2) is 3.44. The van der Waals surface area contributed by atoms with Gasteiger partial charge in [-0.25, -0.2) is 0 Å². The van der Waals surface area contributed by atoms with Crippen molar-refractivity contribution in [2.24, 2.45) is 5.92 Å². The van der Waals surface area contributed by atoms with E-state index in [4.69, 9.17) is 5.11 Å². The van der Waals surface area contributed by atoms with Crippen LogP contribution in [0.25, 0.3) is 0 Å². The first kappa shape index (κ1) is 9.24. The Bertz CT molecular complexity index is 346. The average Bonchev–Trinajstić information content (AvgIpc) is 2.82.